The van der Waals surface area contributed by atoms with Crippen molar-refractivity contribution in [1.29, 1.82) is 0 Å². The molecule has 1 aromatic heterocycles. The summed E-state index contributed by atoms with van der Waals surface area (Å²) in [7, 11) is 0. The number of anilines is 1. The van der Waals surface area contributed by atoms with E-state index >= 15 is 8.78 Å². The molecule has 11 heteroatoms. The standard InChI is InChI=1S/C36H39F3N6O2/c1-22-19-45(34(46)23(2)37)25(18-40-3)20-44(22)33-28-17-29(38)30(27-12-6-10-24-9-4-5-11-26(24)27)31(39)32(28)41-35(42-33)47-21-36-13-7-15-43(36)16-8-14-36/h6,10,12,17,22,25H,2,4-5,7-9,11,13-16,18-21H2,1H3/t22-,25-/m0/s1. The average molecular weight is 645 g/mol. The van der Waals surface area contributed by atoms with E-state index in [4.69, 9.17) is 16.3 Å². The molecule has 2 atom stereocenters. The number of hydrogen-bond acceptors (Lipinski definition) is 6. The van der Waals surface area contributed by atoms with Gasteiger partial charge in [0.15, 0.2) is 11.6 Å². The van der Waals surface area contributed by atoms with Crippen LogP contribution in [0.5, 0.6) is 6.01 Å². The largest absolute Gasteiger partial charge is 0.461 e. The molecule has 7 rings (SSSR count). The lowest BCUT2D eigenvalue weighted by molar-refractivity contribution is -0.131. The lowest BCUT2D eigenvalue weighted by atomic mass is 9.85. The fraction of sp³-hybridized carbons (Fsp3) is 0.500. The van der Waals surface area contributed by atoms with Crippen LogP contribution in [0.1, 0.15) is 56.6 Å². The van der Waals surface area contributed by atoms with Gasteiger partial charge >= 0.3 is 6.01 Å². The molecule has 1 aliphatic carbocycles. The van der Waals surface area contributed by atoms with Crippen LogP contribution in [-0.4, -0.2) is 82.6 Å². The molecule has 8 nitrogen and oxygen atoms in total. The number of rotatable bonds is 7. The van der Waals surface area contributed by atoms with Crippen molar-refractivity contribution in [2.45, 2.75) is 75.9 Å². The lowest BCUT2D eigenvalue weighted by Gasteiger charge is -2.44. The topological polar surface area (TPSA) is 66.2 Å². The Balaban J connectivity index is 1.35. The van der Waals surface area contributed by atoms with Gasteiger partial charge in [0.05, 0.1) is 11.1 Å². The number of fused-ring (bicyclic) bond motifs is 3. The Morgan fingerprint density at radius 2 is 1.89 bits per heavy atom. The summed E-state index contributed by atoms with van der Waals surface area (Å²) in [6.45, 7) is 15.0. The zero-order valence-electron chi connectivity index (χ0n) is 26.7. The smallest absolute Gasteiger partial charge is 0.319 e. The summed E-state index contributed by atoms with van der Waals surface area (Å²) >= 11 is 0. The highest BCUT2D eigenvalue weighted by Gasteiger charge is 2.45. The molecule has 4 aliphatic rings. The number of aryl methyl sites for hydroxylation is 1. The Hall–Kier alpha value is -4.17. The molecule has 0 unspecified atom stereocenters. The highest BCUT2D eigenvalue weighted by molar-refractivity contribution is 5.95. The summed E-state index contributed by atoms with van der Waals surface area (Å²) < 4.78 is 53.4. The van der Waals surface area contributed by atoms with Crippen molar-refractivity contribution in [2.24, 2.45) is 0 Å². The van der Waals surface area contributed by atoms with Crippen molar-refractivity contribution < 1.29 is 22.7 Å². The Morgan fingerprint density at radius 3 is 2.64 bits per heavy atom. The molecule has 0 spiro atoms. The molecule has 0 radical (unpaired) electrons. The molecular weight excluding hydrogens is 605 g/mol. The van der Waals surface area contributed by atoms with Crippen molar-refractivity contribution in [2.75, 3.05) is 44.2 Å². The van der Waals surface area contributed by atoms with Gasteiger partial charge in [-0.05, 0) is 94.1 Å². The normalized spacial score (nSPS) is 22.2. The molecule has 246 valence electrons. The van der Waals surface area contributed by atoms with Gasteiger partial charge in [0, 0.05) is 24.5 Å². The molecule has 0 bridgehead atoms. The van der Waals surface area contributed by atoms with E-state index in [1.54, 1.807) is 6.07 Å². The molecule has 0 saturated carbocycles. The van der Waals surface area contributed by atoms with Crippen LogP contribution in [0, 0.1) is 18.2 Å². The fourth-order valence-electron chi connectivity index (χ4n) is 8.37. The van der Waals surface area contributed by atoms with Crippen molar-refractivity contribution in [1.82, 2.24) is 19.8 Å². The first-order valence-electron chi connectivity index (χ1n) is 16.6. The van der Waals surface area contributed by atoms with Crippen LogP contribution in [-0.2, 0) is 17.6 Å². The van der Waals surface area contributed by atoms with Crippen LogP contribution in [0.4, 0.5) is 19.0 Å². The van der Waals surface area contributed by atoms with Crippen molar-refractivity contribution in [3.63, 3.8) is 0 Å². The van der Waals surface area contributed by atoms with Gasteiger partial charge in [-0.2, -0.15) is 9.97 Å². The van der Waals surface area contributed by atoms with Gasteiger partial charge in [0.2, 0.25) is 6.54 Å². The minimum Gasteiger partial charge on any atom is -0.461 e. The summed E-state index contributed by atoms with van der Waals surface area (Å²) in [5.41, 5.74) is 2.35. The van der Waals surface area contributed by atoms with E-state index in [0.717, 1.165) is 75.6 Å². The highest BCUT2D eigenvalue weighted by atomic mass is 19.1. The second-order valence-corrected chi connectivity index (χ2v) is 13.5. The number of aromatic nitrogens is 2. The molecule has 3 aliphatic heterocycles. The Bertz CT molecular complexity index is 1780. The van der Waals surface area contributed by atoms with Crippen LogP contribution < -0.4 is 9.64 Å². The highest BCUT2D eigenvalue weighted by Crippen LogP contribution is 2.42. The number of carbonyl (C=O) groups excluding carboxylic acids is 1. The summed E-state index contributed by atoms with van der Waals surface area (Å²) in [5, 5.41) is 0.172. The summed E-state index contributed by atoms with van der Waals surface area (Å²) in [6, 6.07) is 5.82. The Labute approximate surface area is 273 Å². The van der Waals surface area contributed by atoms with Gasteiger partial charge in [-0.15, -0.1) is 0 Å². The van der Waals surface area contributed by atoms with Crippen molar-refractivity contribution in [3.8, 4) is 17.1 Å². The maximum Gasteiger partial charge on any atom is 0.319 e. The maximum atomic E-state index is 16.9. The third kappa shape index (κ3) is 5.50. The minimum absolute atomic E-state index is 0.00301. The van der Waals surface area contributed by atoms with Crippen LogP contribution in [0.25, 0.3) is 26.9 Å². The minimum atomic E-state index is -1.10. The molecule has 4 heterocycles. The third-order valence-electron chi connectivity index (χ3n) is 10.7. The van der Waals surface area contributed by atoms with Crippen LogP contribution in [0.3, 0.4) is 0 Å². The number of carbonyl (C=O) groups is 1. The molecule has 1 amide bonds. The summed E-state index contributed by atoms with van der Waals surface area (Å²) in [5.74, 6) is -3.21. The SMILES string of the molecule is [C-]#[N+]C[C@H]1CN(c2nc(OCC34CCCN3CCC4)nc3c(F)c(-c4cccc5c4CCCC5)c(F)cc23)[C@@H](C)CN1C(=O)C(=C)F. The second-order valence-electron chi connectivity index (χ2n) is 13.5. The number of halogens is 3. The Morgan fingerprint density at radius 1 is 1.13 bits per heavy atom. The van der Waals surface area contributed by atoms with E-state index in [0.29, 0.717) is 12.2 Å². The number of piperazine rings is 1. The number of hydrogen-bond donors (Lipinski definition) is 0. The van der Waals surface area contributed by atoms with Gasteiger partial charge in [0.25, 0.3) is 5.91 Å². The van der Waals surface area contributed by atoms with Crippen molar-refractivity contribution in [3.05, 3.63) is 70.8 Å². The zero-order valence-corrected chi connectivity index (χ0v) is 26.7. The van der Waals surface area contributed by atoms with E-state index in [-0.39, 0.29) is 53.5 Å². The number of benzene rings is 2. The fourth-order valence-corrected chi connectivity index (χ4v) is 8.37. The monoisotopic (exact) mass is 644 g/mol. The number of ether oxygens (including phenoxy) is 1. The van der Waals surface area contributed by atoms with E-state index in [2.05, 4.69) is 21.3 Å². The van der Waals surface area contributed by atoms with Crippen molar-refractivity contribution >= 4 is 22.6 Å². The van der Waals surface area contributed by atoms with Crippen LogP contribution in [0.2, 0.25) is 0 Å². The molecule has 2 aromatic carbocycles. The molecule has 47 heavy (non-hydrogen) atoms. The van der Waals surface area contributed by atoms with E-state index in [1.165, 1.54) is 11.0 Å². The first kappa shape index (κ1) is 31.4. The number of amides is 1. The van der Waals surface area contributed by atoms with Gasteiger partial charge in [-0.3, -0.25) is 9.69 Å². The van der Waals surface area contributed by atoms with E-state index < -0.39 is 35.5 Å². The molecular formula is C36H39F3N6O2. The van der Waals surface area contributed by atoms with Gasteiger partial charge in [-0.1, -0.05) is 24.8 Å². The number of nitrogens with zero attached hydrogens (tertiary/aromatic N) is 6. The first-order chi connectivity index (χ1) is 22.7. The van der Waals surface area contributed by atoms with Crippen LogP contribution >= 0.6 is 0 Å². The summed E-state index contributed by atoms with van der Waals surface area (Å²) in [4.78, 5) is 31.1. The predicted octanol–water partition coefficient (Wildman–Crippen LogP) is 6.27. The summed E-state index contributed by atoms with van der Waals surface area (Å²) in [6.07, 6.45) is 7.79. The Kier molecular flexibility index (Phi) is 8.33. The molecule has 3 fully saturated rings. The van der Waals surface area contributed by atoms with E-state index in [9.17, 15) is 9.18 Å². The molecule has 0 N–H and O–H groups in total. The quantitative estimate of drug-likeness (QED) is 0.223. The molecule has 3 saturated heterocycles. The van der Waals surface area contributed by atoms with E-state index in [1.807, 2.05) is 24.0 Å². The van der Waals surface area contributed by atoms with Gasteiger partial charge in [-0.25, -0.2) is 19.7 Å². The van der Waals surface area contributed by atoms with Gasteiger partial charge < -0.3 is 19.4 Å². The third-order valence-corrected chi connectivity index (χ3v) is 10.7. The second kappa shape index (κ2) is 12.5. The molecule has 3 aromatic rings. The predicted molar refractivity (Wildman–Crippen MR) is 174 cm³/mol. The average Bonchev–Trinajstić information content (AvgIpc) is 3.65. The first-order valence-corrected chi connectivity index (χ1v) is 16.6. The lowest BCUT2D eigenvalue weighted by Crippen LogP contribution is -2.60. The zero-order chi connectivity index (χ0) is 32.9. The van der Waals surface area contributed by atoms with Crippen LogP contribution in [0.15, 0.2) is 36.7 Å². The van der Waals surface area contributed by atoms with Gasteiger partial charge in [0.1, 0.15) is 29.8 Å². The maximum absolute atomic E-state index is 16.9.